The fourth-order valence-corrected chi connectivity index (χ4v) is 1.81. The topological polar surface area (TPSA) is 53.6 Å². The van der Waals surface area contributed by atoms with Crippen molar-refractivity contribution < 1.29 is 0 Å². The molecule has 0 aliphatic heterocycles. The molecule has 1 heterocycles. The summed E-state index contributed by atoms with van der Waals surface area (Å²) < 4.78 is 1.90. The molecule has 0 saturated carbocycles. The maximum Gasteiger partial charge on any atom is 0.0991 e. The molecule has 0 bridgehead atoms. The Balaban J connectivity index is 1.82. The molecule has 0 aliphatic carbocycles. The summed E-state index contributed by atoms with van der Waals surface area (Å²) in [6, 6.07) is 9.86. The number of nitriles is 1. The number of aryl methyl sites for hydroxylation is 1. The highest BCUT2D eigenvalue weighted by Crippen LogP contribution is 2.10. The standard InChI is InChI=1S/C14H16N4/c1-12-9-13(10-15)3-4-14(12)11-16-6-8-18-7-2-5-17-18/h2-5,7,9,16H,6,8,11H2,1H3. The summed E-state index contributed by atoms with van der Waals surface area (Å²) in [6.45, 7) is 4.59. The number of aromatic nitrogens is 2. The molecule has 4 nitrogen and oxygen atoms in total. The fraction of sp³-hybridized carbons (Fsp3) is 0.286. The van der Waals surface area contributed by atoms with Crippen molar-refractivity contribution in [3.05, 3.63) is 53.3 Å². The number of rotatable bonds is 5. The Morgan fingerprint density at radius 3 is 3.00 bits per heavy atom. The summed E-state index contributed by atoms with van der Waals surface area (Å²) in [5.74, 6) is 0. The Hall–Kier alpha value is -2.12. The van der Waals surface area contributed by atoms with Gasteiger partial charge in [0.05, 0.1) is 18.2 Å². The van der Waals surface area contributed by atoms with Gasteiger partial charge >= 0.3 is 0 Å². The SMILES string of the molecule is Cc1cc(C#N)ccc1CNCCn1cccn1. The van der Waals surface area contributed by atoms with Crippen LogP contribution >= 0.6 is 0 Å². The minimum atomic E-state index is 0.716. The van der Waals surface area contributed by atoms with E-state index in [2.05, 4.69) is 16.5 Å². The Morgan fingerprint density at radius 2 is 2.33 bits per heavy atom. The van der Waals surface area contributed by atoms with Crippen LogP contribution in [0.3, 0.4) is 0 Å². The monoisotopic (exact) mass is 240 g/mol. The fourth-order valence-electron chi connectivity index (χ4n) is 1.81. The van der Waals surface area contributed by atoms with E-state index in [1.54, 1.807) is 6.20 Å². The van der Waals surface area contributed by atoms with Crippen molar-refractivity contribution in [2.45, 2.75) is 20.0 Å². The van der Waals surface area contributed by atoms with Gasteiger partial charge in [0.25, 0.3) is 0 Å². The third-order valence-corrected chi connectivity index (χ3v) is 2.86. The minimum absolute atomic E-state index is 0.716. The van der Waals surface area contributed by atoms with Crippen molar-refractivity contribution in [2.24, 2.45) is 0 Å². The van der Waals surface area contributed by atoms with E-state index in [9.17, 15) is 0 Å². The summed E-state index contributed by atoms with van der Waals surface area (Å²) in [6.07, 6.45) is 3.74. The van der Waals surface area contributed by atoms with Crippen LogP contribution in [0.15, 0.2) is 36.7 Å². The molecule has 2 aromatic rings. The van der Waals surface area contributed by atoms with Crippen molar-refractivity contribution in [2.75, 3.05) is 6.54 Å². The second kappa shape index (κ2) is 5.99. The number of hydrogen-bond donors (Lipinski definition) is 1. The van der Waals surface area contributed by atoms with Crippen molar-refractivity contribution in [3.63, 3.8) is 0 Å². The summed E-state index contributed by atoms with van der Waals surface area (Å²) >= 11 is 0. The van der Waals surface area contributed by atoms with Crippen LogP contribution in [0, 0.1) is 18.3 Å². The van der Waals surface area contributed by atoms with E-state index >= 15 is 0 Å². The van der Waals surface area contributed by atoms with E-state index < -0.39 is 0 Å². The average Bonchev–Trinajstić information content (AvgIpc) is 2.89. The summed E-state index contributed by atoms with van der Waals surface area (Å²) in [5.41, 5.74) is 3.10. The molecule has 0 aliphatic rings. The molecular weight excluding hydrogens is 224 g/mol. The largest absolute Gasteiger partial charge is 0.311 e. The van der Waals surface area contributed by atoms with Crippen LogP contribution in [-0.2, 0) is 13.1 Å². The van der Waals surface area contributed by atoms with Gasteiger partial charge in [-0.05, 0) is 36.2 Å². The predicted molar refractivity (Wildman–Crippen MR) is 69.8 cm³/mol. The smallest absolute Gasteiger partial charge is 0.0991 e. The third kappa shape index (κ3) is 3.19. The van der Waals surface area contributed by atoms with Gasteiger partial charge in [-0.1, -0.05) is 6.07 Å². The second-order valence-electron chi connectivity index (χ2n) is 4.20. The molecule has 1 aromatic heterocycles. The zero-order valence-corrected chi connectivity index (χ0v) is 10.4. The van der Waals surface area contributed by atoms with Crippen LogP contribution in [0.1, 0.15) is 16.7 Å². The van der Waals surface area contributed by atoms with E-state index in [4.69, 9.17) is 5.26 Å². The highest BCUT2D eigenvalue weighted by molar-refractivity contribution is 5.37. The molecule has 1 N–H and O–H groups in total. The lowest BCUT2D eigenvalue weighted by Crippen LogP contribution is -2.20. The zero-order valence-electron chi connectivity index (χ0n) is 10.4. The molecule has 0 spiro atoms. The van der Waals surface area contributed by atoms with Gasteiger partial charge in [-0.25, -0.2) is 0 Å². The molecule has 1 aromatic carbocycles. The Morgan fingerprint density at radius 1 is 1.44 bits per heavy atom. The second-order valence-corrected chi connectivity index (χ2v) is 4.20. The maximum absolute atomic E-state index is 8.80. The van der Waals surface area contributed by atoms with Crippen molar-refractivity contribution in [3.8, 4) is 6.07 Å². The summed E-state index contributed by atoms with van der Waals surface area (Å²) in [7, 11) is 0. The first kappa shape index (κ1) is 12.3. The van der Waals surface area contributed by atoms with Crippen LogP contribution in [0.5, 0.6) is 0 Å². The van der Waals surface area contributed by atoms with Crippen molar-refractivity contribution >= 4 is 0 Å². The highest BCUT2D eigenvalue weighted by Gasteiger charge is 1.99. The van der Waals surface area contributed by atoms with E-state index in [1.807, 2.05) is 42.1 Å². The first-order chi connectivity index (χ1) is 8.79. The molecule has 0 atom stereocenters. The quantitative estimate of drug-likeness (QED) is 0.811. The summed E-state index contributed by atoms with van der Waals surface area (Å²) in [5, 5.41) is 16.3. The van der Waals surface area contributed by atoms with Crippen molar-refractivity contribution in [1.82, 2.24) is 15.1 Å². The van der Waals surface area contributed by atoms with Crippen LogP contribution in [-0.4, -0.2) is 16.3 Å². The zero-order chi connectivity index (χ0) is 12.8. The number of hydrogen-bond acceptors (Lipinski definition) is 3. The Labute approximate surface area is 107 Å². The van der Waals surface area contributed by atoms with E-state index in [0.29, 0.717) is 5.56 Å². The molecule has 2 rings (SSSR count). The minimum Gasteiger partial charge on any atom is -0.311 e. The lowest BCUT2D eigenvalue weighted by Gasteiger charge is -2.08. The first-order valence-electron chi connectivity index (χ1n) is 5.97. The molecule has 92 valence electrons. The highest BCUT2D eigenvalue weighted by atomic mass is 15.3. The lowest BCUT2D eigenvalue weighted by atomic mass is 10.1. The summed E-state index contributed by atoms with van der Waals surface area (Å²) in [4.78, 5) is 0. The van der Waals surface area contributed by atoms with Gasteiger partial charge in [0.2, 0.25) is 0 Å². The average molecular weight is 240 g/mol. The van der Waals surface area contributed by atoms with E-state index in [0.717, 1.165) is 25.2 Å². The Bertz CT molecular complexity index is 537. The van der Waals surface area contributed by atoms with Crippen LogP contribution in [0.2, 0.25) is 0 Å². The van der Waals surface area contributed by atoms with Gasteiger partial charge in [-0.15, -0.1) is 0 Å². The molecular formula is C14H16N4. The van der Waals surface area contributed by atoms with E-state index in [1.165, 1.54) is 5.56 Å². The van der Waals surface area contributed by atoms with E-state index in [-0.39, 0.29) is 0 Å². The molecule has 18 heavy (non-hydrogen) atoms. The van der Waals surface area contributed by atoms with Crippen LogP contribution < -0.4 is 5.32 Å². The van der Waals surface area contributed by atoms with Crippen LogP contribution in [0.4, 0.5) is 0 Å². The number of nitrogens with zero attached hydrogens (tertiary/aromatic N) is 3. The van der Waals surface area contributed by atoms with Gasteiger partial charge in [0.15, 0.2) is 0 Å². The van der Waals surface area contributed by atoms with Gasteiger partial charge in [-0.2, -0.15) is 10.4 Å². The molecule has 0 fully saturated rings. The third-order valence-electron chi connectivity index (χ3n) is 2.86. The molecule has 0 amide bonds. The van der Waals surface area contributed by atoms with Gasteiger partial charge < -0.3 is 5.32 Å². The predicted octanol–water partition coefficient (Wildman–Crippen LogP) is 1.85. The lowest BCUT2D eigenvalue weighted by molar-refractivity contribution is 0.554. The molecule has 0 unspecified atom stereocenters. The number of nitrogens with one attached hydrogen (secondary N) is 1. The molecule has 0 radical (unpaired) electrons. The molecule has 0 saturated heterocycles. The van der Waals surface area contributed by atoms with Crippen molar-refractivity contribution in [1.29, 1.82) is 5.26 Å². The van der Waals surface area contributed by atoms with Gasteiger partial charge in [-0.3, -0.25) is 4.68 Å². The maximum atomic E-state index is 8.80. The van der Waals surface area contributed by atoms with Gasteiger partial charge in [0.1, 0.15) is 0 Å². The van der Waals surface area contributed by atoms with Crippen LogP contribution in [0.25, 0.3) is 0 Å². The number of benzene rings is 1. The first-order valence-corrected chi connectivity index (χ1v) is 5.97. The Kier molecular flexibility index (Phi) is 4.11. The normalized spacial score (nSPS) is 10.2. The molecule has 4 heteroatoms. The van der Waals surface area contributed by atoms with Gasteiger partial charge in [0, 0.05) is 25.5 Å².